The minimum absolute atomic E-state index is 0.0424. The number of aromatic nitrogens is 1. The monoisotopic (exact) mass is 310 g/mol. The molecule has 0 saturated carbocycles. The predicted molar refractivity (Wildman–Crippen MR) is 88.8 cm³/mol. The number of carbonyl (C=O) groups is 1. The second kappa shape index (κ2) is 7.11. The minimum Gasteiger partial charge on any atom is -0.382 e. The molecule has 1 atom stereocenters. The Bertz CT molecular complexity index is 486. The van der Waals surface area contributed by atoms with Crippen LogP contribution in [0.5, 0.6) is 0 Å². The number of piperidine rings is 1. The third-order valence-corrected chi connectivity index (χ3v) is 4.91. The number of carbonyl (C=O) groups excluding carboxylic acids is 1. The van der Waals surface area contributed by atoms with Crippen LogP contribution in [0.4, 0.5) is 10.9 Å². The van der Waals surface area contributed by atoms with E-state index in [0.29, 0.717) is 22.5 Å². The van der Waals surface area contributed by atoms with Crippen LogP contribution < -0.4 is 11.1 Å². The molecule has 1 aliphatic heterocycles. The summed E-state index contributed by atoms with van der Waals surface area (Å²) in [5, 5.41) is 3.98. The second-order valence-electron chi connectivity index (χ2n) is 6.18. The second-order valence-corrected chi connectivity index (χ2v) is 7.17. The molecule has 21 heavy (non-hydrogen) atoms. The zero-order valence-electron chi connectivity index (χ0n) is 13.2. The minimum atomic E-state index is 0.0424. The molecule has 118 valence electrons. The van der Waals surface area contributed by atoms with Gasteiger partial charge in [0.15, 0.2) is 5.13 Å². The Morgan fingerprint density at radius 3 is 3.00 bits per heavy atom. The van der Waals surface area contributed by atoms with Crippen molar-refractivity contribution in [2.24, 2.45) is 11.8 Å². The maximum Gasteiger partial charge on any atom is 0.267 e. The topological polar surface area (TPSA) is 71.2 Å². The number of thiazole rings is 1. The fraction of sp³-hybridized carbons (Fsp3) is 0.733. The Hall–Kier alpha value is -1.30. The van der Waals surface area contributed by atoms with Crippen molar-refractivity contribution in [2.75, 3.05) is 30.7 Å². The van der Waals surface area contributed by atoms with Crippen LogP contribution >= 0.6 is 11.3 Å². The molecule has 0 aromatic carbocycles. The highest BCUT2D eigenvalue weighted by Crippen LogP contribution is 2.28. The van der Waals surface area contributed by atoms with E-state index in [1.807, 2.05) is 4.90 Å². The number of anilines is 2. The summed E-state index contributed by atoms with van der Waals surface area (Å²) < 4.78 is 0. The highest BCUT2D eigenvalue weighted by atomic mass is 32.1. The Morgan fingerprint density at radius 1 is 1.57 bits per heavy atom. The number of likely N-dealkylation sites (tertiary alicyclic amines) is 1. The molecule has 0 aliphatic carbocycles. The van der Waals surface area contributed by atoms with Gasteiger partial charge in [-0.05, 0) is 24.7 Å². The van der Waals surface area contributed by atoms with Crippen LogP contribution in [-0.4, -0.2) is 35.4 Å². The Balaban J connectivity index is 2.04. The standard InChI is InChI=1S/C15H26N4OS/c1-4-11-6-5-7-19(9-11)14(20)12-13(16)18-15(21-12)17-8-10(2)3/h10-11H,4-9,16H2,1-3H3,(H,17,18). The van der Waals surface area contributed by atoms with Gasteiger partial charge in [0.1, 0.15) is 10.7 Å². The summed E-state index contributed by atoms with van der Waals surface area (Å²) in [5.74, 6) is 1.55. The van der Waals surface area contributed by atoms with Gasteiger partial charge in [0.05, 0.1) is 0 Å². The number of nitrogens with two attached hydrogens (primary N) is 1. The Morgan fingerprint density at radius 2 is 2.33 bits per heavy atom. The highest BCUT2D eigenvalue weighted by molar-refractivity contribution is 7.18. The molecule has 1 aromatic rings. The molecule has 1 unspecified atom stereocenters. The molecule has 1 aliphatic rings. The molecule has 6 heteroatoms. The van der Waals surface area contributed by atoms with Crippen molar-refractivity contribution in [1.29, 1.82) is 0 Å². The van der Waals surface area contributed by atoms with Crippen molar-refractivity contribution in [1.82, 2.24) is 9.88 Å². The maximum atomic E-state index is 12.6. The number of rotatable bonds is 5. The molecule has 2 heterocycles. The van der Waals surface area contributed by atoms with E-state index in [9.17, 15) is 4.79 Å². The van der Waals surface area contributed by atoms with Crippen LogP contribution in [-0.2, 0) is 0 Å². The number of nitrogens with one attached hydrogen (secondary N) is 1. The lowest BCUT2D eigenvalue weighted by Crippen LogP contribution is -2.39. The number of nitrogen functional groups attached to an aromatic ring is 1. The van der Waals surface area contributed by atoms with Gasteiger partial charge in [0.2, 0.25) is 0 Å². The molecule has 5 nitrogen and oxygen atoms in total. The van der Waals surface area contributed by atoms with E-state index in [1.54, 1.807) is 0 Å². The molecule has 1 fully saturated rings. The average molecular weight is 310 g/mol. The lowest BCUT2D eigenvalue weighted by atomic mass is 9.95. The van der Waals surface area contributed by atoms with Gasteiger partial charge < -0.3 is 16.0 Å². The van der Waals surface area contributed by atoms with Gasteiger partial charge in [0, 0.05) is 19.6 Å². The number of nitrogens with zero attached hydrogens (tertiary/aromatic N) is 2. The zero-order chi connectivity index (χ0) is 15.4. The van der Waals surface area contributed by atoms with E-state index >= 15 is 0 Å². The smallest absolute Gasteiger partial charge is 0.267 e. The van der Waals surface area contributed by atoms with Gasteiger partial charge in [-0.2, -0.15) is 0 Å². The zero-order valence-corrected chi connectivity index (χ0v) is 14.0. The summed E-state index contributed by atoms with van der Waals surface area (Å²) in [6.45, 7) is 8.97. The van der Waals surface area contributed by atoms with E-state index in [4.69, 9.17) is 5.73 Å². The summed E-state index contributed by atoms with van der Waals surface area (Å²) in [6, 6.07) is 0. The molecular formula is C15H26N4OS. The Labute approximate surface area is 130 Å². The number of hydrogen-bond acceptors (Lipinski definition) is 5. The quantitative estimate of drug-likeness (QED) is 0.877. The maximum absolute atomic E-state index is 12.6. The molecular weight excluding hydrogens is 284 g/mol. The summed E-state index contributed by atoms with van der Waals surface area (Å²) in [4.78, 5) is 19.4. The van der Waals surface area contributed by atoms with Crippen LogP contribution in [0, 0.1) is 11.8 Å². The molecule has 3 N–H and O–H groups in total. The van der Waals surface area contributed by atoms with Crippen LogP contribution in [0.25, 0.3) is 0 Å². The Kier molecular flexibility index (Phi) is 5.45. The predicted octanol–water partition coefficient (Wildman–Crippen LogP) is 3.06. The lowest BCUT2D eigenvalue weighted by Gasteiger charge is -2.32. The third kappa shape index (κ3) is 4.09. The van der Waals surface area contributed by atoms with E-state index in [2.05, 4.69) is 31.1 Å². The van der Waals surface area contributed by atoms with Gasteiger partial charge in [-0.25, -0.2) is 4.98 Å². The fourth-order valence-electron chi connectivity index (χ4n) is 2.58. The van der Waals surface area contributed by atoms with E-state index in [-0.39, 0.29) is 5.91 Å². The van der Waals surface area contributed by atoms with Crippen LogP contribution in [0.1, 0.15) is 49.7 Å². The van der Waals surface area contributed by atoms with E-state index in [0.717, 1.165) is 37.6 Å². The van der Waals surface area contributed by atoms with Gasteiger partial charge in [0.25, 0.3) is 5.91 Å². The van der Waals surface area contributed by atoms with Crippen molar-refractivity contribution < 1.29 is 4.79 Å². The number of hydrogen-bond donors (Lipinski definition) is 2. The first-order chi connectivity index (χ1) is 10.0. The van der Waals surface area contributed by atoms with Crippen molar-refractivity contribution in [2.45, 2.75) is 40.0 Å². The van der Waals surface area contributed by atoms with Crippen molar-refractivity contribution in [3.8, 4) is 0 Å². The van der Waals surface area contributed by atoms with Crippen molar-refractivity contribution in [3.05, 3.63) is 4.88 Å². The average Bonchev–Trinajstić information content (AvgIpc) is 2.85. The van der Waals surface area contributed by atoms with Gasteiger partial charge >= 0.3 is 0 Å². The van der Waals surface area contributed by atoms with Crippen molar-refractivity contribution >= 4 is 28.2 Å². The van der Waals surface area contributed by atoms with Gasteiger partial charge in [-0.15, -0.1) is 0 Å². The molecule has 0 bridgehead atoms. The van der Waals surface area contributed by atoms with Crippen LogP contribution in [0.2, 0.25) is 0 Å². The van der Waals surface area contributed by atoms with Gasteiger partial charge in [-0.3, -0.25) is 4.79 Å². The number of amides is 1. The fourth-order valence-corrected chi connectivity index (χ4v) is 3.44. The van der Waals surface area contributed by atoms with Gasteiger partial charge in [-0.1, -0.05) is 38.5 Å². The summed E-state index contributed by atoms with van der Waals surface area (Å²) in [6.07, 6.45) is 3.43. The first-order valence-corrected chi connectivity index (χ1v) is 8.62. The molecule has 2 rings (SSSR count). The molecule has 1 amide bonds. The lowest BCUT2D eigenvalue weighted by molar-refractivity contribution is 0.0677. The SMILES string of the molecule is CCC1CCCN(C(=O)c2sc(NCC(C)C)nc2N)C1. The first-order valence-electron chi connectivity index (χ1n) is 7.80. The largest absolute Gasteiger partial charge is 0.382 e. The van der Waals surface area contributed by atoms with Crippen molar-refractivity contribution in [3.63, 3.8) is 0 Å². The molecule has 0 spiro atoms. The van der Waals surface area contributed by atoms with E-state index < -0.39 is 0 Å². The third-order valence-electron chi connectivity index (χ3n) is 3.89. The summed E-state index contributed by atoms with van der Waals surface area (Å²) in [5.41, 5.74) is 5.93. The summed E-state index contributed by atoms with van der Waals surface area (Å²) >= 11 is 1.37. The summed E-state index contributed by atoms with van der Waals surface area (Å²) in [7, 11) is 0. The molecule has 0 radical (unpaired) electrons. The molecule has 1 saturated heterocycles. The normalized spacial score (nSPS) is 19.0. The highest BCUT2D eigenvalue weighted by Gasteiger charge is 2.26. The van der Waals surface area contributed by atoms with E-state index in [1.165, 1.54) is 17.8 Å². The van der Waals surface area contributed by atoms with Crippen LogP contribution in [0.3, 0.4) is 0 Å². The van der Waals surface area contributed by atoms with Crippen LogP contribution in [0.15, 0.2) is 0 Å². The first kappa shape index (κ1) is 16.1. The molecule has 1 aromatic heterocycles.